The lowest BCUT2D eigenvalue weighted by molar-refractivity contribution is 0.109. The molecule has 2 N–H and O–H groups in total. The van der Waals surface area contributed by atoms with E-state index in [1.165, 1.54) is 0 Å². The third-order valence-electron chi connectivity index (χ3n) is 7.07. The molecule has 5 heterocycles. The predicted octanol–water partition coefficient (Wildman–Crippen LogP) is 3.18. The summed E-state index contributed by atoms with van der Waals surface area (Å²) >= 11 is 0. The van der Waals surface area contributed by atoms with E-state index in [1.807, 2.05) is 36.5 Å². The molecule has 2 saturated heterocycles. The topological polar surface area (TPSA) is 116 Å². The molecule has 3 aliphatic rings. The number of fused-ring (bicyclic) bond motifs is 2. The second kappa shape index (κ2) is 9.18. The number of anilines is 3. The molecule has 0 spiro atoms. The first-order valence-corrected chi connectivity index (χ1v) is 13.7. The molecule has 0 radical (unpaired) electrons. The molecule has 0 unspecified atom stereocenters. The van der Waals surface area contributed by atoms with Gasteiger partial charge >= 0.3 is 0 Å². The van der Waals surface area contributed by atoms with E-state index in [0.29, 0.717) is 24.2 Å². The van der Waals surface area contributed by atoms with Crippen molar-refractivity contribution in [2.45, 2.75) is 70.5 Å². The van der Waals surface area contributed by atoms with Crippen LogP contribution in [-0.4, -0.2) is 70.4 Å². The highest BCUT2D eigenvalue weighted by molar-refractivity contribution is 7.89. The lowest BCUT2D eigenvalue weighted by atomic mass is 9.83. The Labute approximate surface area is 200 Å². The van der Waals surface area contributed by atoms with Crippen LogP contribution in [0.15, 0.2) is 18.2 Å². The molecule has 2 aromatic heterocycles. The van der Waals surface area contributed by atoms with Crippen LogP contribution in [0.3, 0.4) is 0 Å². The molecule has 0 aromatic carbocycles. The Bertz CT molecular complexity index is 1160. The van der Waals surface area contributed by atoms with Gasteiger partial charge in [-0.05, 0) is 45.6 Å². The maximum Gasteiger partial charge on any atom is 0.227 e. The number of aromatic nitrogens is 4. The largest absolute Gasteiger partial charge is 0.491 e. The van der Waals surface area contributed by atoms with Crippen LogP contribution in [0.2, 0.25) is 0 Å². The van der Waals surface area contributed by atoms with E-state index < -0.39 is 10.0 Å². The maximum atomic E-state index is 12.8. The summed E-state index contributed by atoms with van der Waals surface area (Å²) in [5.41, 5.74) is 1.69. The summed E-state index contributed by atoms with van der Waals surface area (Å²) < 4.78 is 33.1. The summed E-state index contributed by atoms with van der Waals surface area (Å²) in [5, 5.41) is 10.5. The highest BCUT2D eigenvalue weighted by Gasteiger charge is 2.45. The molecule has 0 aliphatic carbocycles. The SMILES string of the molecule is CCS(=O)(=O)N1[C@@H]2CCC[C@H]1C[C@@H](N(C)c1nc(Nc3cc(C)[nH]n3)cc(C3=CCCO3)n1)C2. The first-order valence-electron chi connectivity index (χ1n) is 12.1. The maximum absolute atomic E-state index is 12.8. The van der Waals surface area contributed by atoms with Gasteiger partial charge in [0.25, 0.3) is 0 Å². The van der Waals surface area contributed by atoms with Crippen molar-refractivity contribution in [3.05, 3.63) is 29.6 Å². The van der Waals surface area contributed by atoms with Gasteiger partial charge in [-0.3, -0.25) is 5.10 Å². The van der Waals surface area contributed by atoms with E-state index in [1.54, 1.807) is 6.92 Å². The predicted molar refractivity (Wildman–Crippen MR) is 131 cm³/mol. The first-order chi connectivity index (χ1) is 16.3. The molecule has 2 fully saturated rings. The second-order valence-corrected chi connectivity index (χ2v) is 11.6. The molecule has 184 valence electrons. The van der Waals surface area contributed by atoms with Crippen LogP contribution >= 0.6 is 0 Å². The van der Waals surface area contributed by atoms with Crippen molar-refractivity contribution in [3.63, 3.8) is 0 Å². The van der Waals surface area contributed by atoms with Crippen molar-refractivity contribution in [1.29, 1.82) is 0 Å². The molecule has 3 aliphatic heterocycles. The molecule has 0 saturated carbocycles. The van der Waals surface area contributed by atoms with Crippen molar-refractivity contribution >= 4 is 33.4 Å². The molecule has 0 amide bonds. The van der Waals surface area contributed by atoms with Gasteiger partial charge in [-0.2, -0.15) is 14.4 Å². The van der Waals surface area contributed by atoms with Gasteiger partial charge in [-0.15, -0.1) is 0 Å². The molecule has 34 heavy (non-hydrogen) atoms. The van der Waals surface area contributed by atoms with Gasteiger partial charge in [-0.1, -0.05) is 6.42 Å². The van der Waals surface area contributed by atoms with Gasteiger partial charge in [-0.25, -0.2) is 13.4 Å². The van der Waals surface area contributed by atoms with E-state index in [9.17, 15) is 8.42 Å². The lowest BCUT2D eigenvalue weighted by Crippen LogP contribution is -2.58. The van der Waals surface area contributed by atoms with Crippen LogP contribution in [0, 0.1) is 6.92 Å². The van der Waals surface area contributed by atoms with Gasteiger partial charge in [0.05, 0.1) is 12.4 Å². The number of ether oxygens (including phenoxy) is 1. The minimum Gasteiger partial charge on any atom is -0.491 e. The average Bonchev–Trinajstić information content (AvgIpc) is 3.49. The number of piperidine rings is 2. The van der Waals surface area contributed by atoms with Gasteiger partial charge in [0, 0.05) is 49.4 Å². The number of sulfonamides is 1. The van der Waals surface area contributed by atoms with Crippen molar-refractivity contribution < 1.29 is 13.2 Å². The highest BCUT2D eigenvalue weighted by Crippen LogP contribution is 2.38. The minimum absolute atomic E-state index is 0.0404. The van der Waals surface area contributed by atoms with E-state index in [0.717, 1.165) is 55.7 Å². The molecule has 3 atom stereocenters. The number of hydrogen-bond acceptors (Lipinski definition) is 8. The minimum atomic E-state index is -3.21. The first kappa shape index (κ1) is 23.1. The lowest BCUT2D eigenvalue weighted by Gasteiger charge is -2.49. The summed E-state index contributed by atoms with van der Waals surface area (Å²) in [6.45, 7) is 4.33. The van der Waals surface area contributed by atoms with E-state index in [4.69, 9.17) is 14.7 Å². The standard InChI is InChI=1S/C23H33N7O3S/c1-4-34(31,32)30-16-7-5-8-17(30)13-18(12-16)29(3)23-24-19(20-9-6-10-33-20)14-21(26-23)25-22-11-15(2)27-28-22/h9,11,14,16-18H,4-8,10,12-13H2,1-3H3,(H2,24,25,26,27,28)/t16-,17+,18+. The average molecular weight is 488 g/mol. The fourth-order valence-electron chi connectivity index (χ4n) is 5.38. The Morgan fingerprint density at radius 1 is 1.21 bits per heavy atom. The second-order valence-electron chi connectivity index (χ2n) is 9.41. The van der Waals surface area contributed by atoms with Crippen LogP contribution in [0.1, 0.15) is 56.8 Å². The summed E-state index contributed by atoms with van der Waals surface area (Å²) in [5.74, 6) is 2.84. The van der Waals surface area contributed by atoms with Gasteiger partial charge in [0.2, 0.25) is 16.0 Å². The number of H-pyrrole nitrogens is 1. The van der Waals surface area contributed by atoms with E-state index >= 15 is 0 Å². The van der Waals surface area contributed by atoms with Gasteiger partial charge < -0.3 is 15.0 Å². The van der Waals surface area contributed by atoms with Crippen LogP contribution < -0.4 is 10.2 Å². The number of aryl methyl sites for hydroxylation is 1. The zero-order valence-electron chi connectivity index (χ0n) is 20.0. The van der Waals surface area contributed by atoms with Gasteiger partial charge in [0.15, 0.2) is 5.82 Å². The van der Waals surface area contributed by atoms with Crippen LogP contribution in [-0.2, 0) is 14.8 Å². The zero-order valence-corrected chi connectivity index (χ0v) is 20.8. The van der Waals surface area contributed by atoms with Crippen molar-refractivity contribution in [2.75, 3.05) is 29.6 Å². The van der Waals surface area contributed by atoms with Crippen LogP contribution in [0.5, 0.6) is 0 Å². The Kier molecular flexibility index (Phi) is 6.24. The molecular weight excluding hydrogens is 454 g/mol. The van der Waals surface area contributed by atoms with E-state index in [2.05, 4.69) is 20.4 Å². The third kappa shape index (κ3) is 4.50. The summed E-state index contributed by atoms with van der Waals surface area (Å²) in [4.78, 5) is 11.7. The van der Waals surface area contributed by atoms with E-state index in [-0.39, 0.29) is 23.9 Å². The normalized spacial score (nSPS) is 25.0. The smallest absolute Gasteiger partial charge is 0.227 e. The van der Waals surface area contributed by atoms with Crippen molar-refractivity contribution in [3.8, 4) is 0 Å². The molecule has 10 nitrogen and oxygen atoms in total. The fraction of sp³-hybridized carbons (Fsp3) is 0.609. The molecule has 2 bridgehead atoms. The number of rotatable bonds is 7. The summed E-state index contributed by atoms with van der Waals surface area (Å²) in [6.07, 6.45) is 7.36. The quantitative estimate of drug-likeness (QED) is 0.612. The number of nitrogens with one attached hydrogen (secondary N) is 2. The van der Waals surface area contributed by atoms with Crippen LogP contribution in [0.25, 0.3) is 5.76 Å². The highest BCUT2D eigenvalue weighted by atomic mass is 32.2. The summed E-state index contributed by atoms with van der Waals surface area (Å²) in [6, 6.07) is 4.04. The number of hydrogen-bond donors (Lipinski definition) is 2. The van der Waals surface area contributed by atoms with Crippen molar-refractivity contribution in [1.82, 2.24) is 24.5 Å². The third-order valence-corrected chi connectivity index (χ3v) is 9.03. The molecule has 11 heteroatoms. The number of nitrogens with zero attached hydrogens (tertiary/aromatic N) is 5. The summed E-state index contributed by atoms with van der Waals surface area (Å²) in [7, 11) is -1.20. The fourth-order valence-corrected chi connectivity index (χ4v) is 6.97. The Morgan fingerprint density at radius 3 is 2.59 bits per heavy atom. The van der Waals surface area contributed by atoms with Crippen molar-refractivity contribution in [2.24, 2.45) is 0 Å². The Balaban J connectivity index is 1.43. The molecule has 2 aromatic rings. The Hall–Kier alpha value is -2.66. The molecule has 5 rings (SSSR count). The van der Waals surface area contributed by atoms with Crippen LogP contribution in [0.4, 0.5) is 17.6 Å². The zero-order chi connectivity index (χ0) is 23.9. The Morgan fingerprint density at radius 2 is 1.97 bits per heavy atom. The molecular formula is C23H33N7O3S. The monoisotopic (exact) mass is 487 g/mol. The number of aromatic amines is 1. The van der Waals surface area contributed by atoms with Gasteiger partial charge in [0.1, 0.15) is 17.3 Å².